The minimum absolute atomic E-state index is 0.0761. The van der Waals surface area contributed by atoms with Gasteiger partial charge in [0.2, 0.25) is 0 Å². The second kappa shape index (κ2) is 10.9. The Kier molecular flexibility index (Phi) is 8.18. The van der Waals surface area contributed by atoms with Crippen molar-refractivity contribution in [1.29, 1.82) is 0 Å². The van der Waals surface area contributed by atoms with Crippen LogP contribution in [0.25, 0.3) is 0 Å². The van der Waals surface area contributed by atoms with Crippen LogP contribution in [0.3, 0.4) is 0 Å². The average Bonchev–Trinajstić information content (AvgIpc) is 2.79. The number of pyridine rings is 1. The van der Waals surface area contributed by atoms with Crippen molar-refractivity contribution < 1.29 is 18.3 Å². The van der Waals surface area contributed by atoms with Crippen molar-refractivity contribution in [3.05, 3.63) is 52.9 Å². The molecule has 1 aliphatic heterocycles. The van der Waals surface area contributed by atoms with Gasteiger partial charge in [0.25, 0.3) is 0 Å². The normalized spacial score (nSPS) is 18.1. The summed E-state index contributed by atoms with van der Waals surface area (Å²) in [6.45, 7) is 8.74. The van der Waals surface area contributed by atoms with E-state index in [1.54, 1.807) is 6.20 Å². The van der Waals surface area contributed by atoms with Crippen molar-refractivity contribution in [3.8, 4) is 5.75 Å². The standard InChI is InChI=1S/C25H33F2N3O2/c1-5-22(23-8-6-7-11-31-23)30-25(15(2)3)18-12-17(13-29-16(18)4)32-14-19-20(26)9-10-21(28)24(19)27/h9-10,12-13,15,22-23H,5-8,11,14,28H2,1-4H3. The molecule has 2 atom stereocenters. The van der Waals surface area contributed by atoms with Gasteiger partial charge in [0, 0.05) is 23.6 Å². The number of aliphatic imine (C=N–C) groups is 1. The Hall–Kier alpha value is -2.54. The van der Waals surface area contributed by atoms with Crippen molar-refractivity contribution in [2.45, 2.75) is 72.1 Å². The molecule has 0 aliphatic carbocycles. The van der Waals surface area contributed by atoms with Gasteiger partial charge in [-0.1, -0.05) is 20.8 Å². The van der Waals surface area contributed by atoms with E-state index < -0.39 is 11.6 Å². The number of halogens is 2. The molecule has 2 N–H and O–H groups in total. The Morgan fingerprint density at radius 1 is 1.31 bits per heavy atom. The summed E-state index contributed by atoms with van der Waals surface area (Å²) in [6.07, 6.45) is 5.85. The van der Waals surface area contributed by atoms with Crippen molar-refractivity contribution in [3.63, 3.8) is 0 Å². The highest BCUT2D eigenvalue weighted by molar-refractivity contribution is 6.03. The molecule has 174 valence electrons. The first-order valence-corrected chi connectivity index (χ1v) is 11.3. The van der Waals surface area contributed by atoms with Crippen molar-refractivity contribution in [2.75, 3.05) is 12.3 Å². The van der Waals surface area contributed by atoms with E-state index in [-0.39, 0.29) is 35.9 Å². The predicted molar refractivity (Wildman–Crippen MR) is 123 cm³/mol. The smallest absolute Gasteiger partial charge is 0.155 e. The Bertz CT molecular complexity index is 956. The maximum absolute atomic E-state index is 14.2. The van der Waals surface area contributed by atoms with Crippen LogP contribution in [0.5, 0.6) is 5.75 Å². The van der Waals surface area contributed by atoms with Crippen LogP contribution in [0.15, 0.2) is 29.4 Å². The van der Waals surface area contributed by atoms with Gasteiger partial charge in [0.15, 0.2) is 5.82 Å². The first kappa shape index (κ1) is 24.1. The fourth-order valence-corrected chi connectivity index (χ4v) is 3.97. The fourth-order valence-electron chi connectivity index (χ4n) is 3.97. The summed E-state index contributed by atoms with van der Waals surface area (Å²) >= 11 is 0. The van der Waals surface area contributed by atoms with Gasteiger partial charge in [-0.3, -0.25) is 9.98 Å². The highest BCUT2D eigenvalue weighted by atomic mass is 19.1. The van der Waals surface area contributed by atoms with Crippen molar-refractivity contribution in [2.24, 2.45) is 10.9 Å². The highest BCUT2D eigenvalue weighted by Crippen LogP contribution is 2.26. The molecule has 3 rings (SSSR count). The van der Waals surface area contributed by atoms with E-state index in [2.05, 4.69) is 25.8 Å². The zero-order valence-electron chi connectivity index (χ0n) is 19.3. The number of benzene rings is 1. The molecule has 0 saturated carbocycles. The predicted octanol–water partition coefficient (Wildman–Crippen LogP) is 5.62. The van der Waals surface area contributed by atoms with Crippen LogP contribution < -0.4 is 10.5 Å². The fraction of sp³-hybridized carbons (Fsp3) is 0.520. The van der Waals surface area contributed by atoms with Crippen LogP contribution in [0.1, 0.15) is 63.3 Å². The van der Waals surface area contributed by atoms with Crippen LogP contribution in [-0.4, -0.2) is 29.4 Å². The number of ether oxygens (including phenoxy) is 2. The number of aryl methyl sites for hydroxylation is 1. The maximum Gasteiger partial charge on any atom is 0.155 e. The highest BCUT2D eigenvalue weighted by Gasteiger charge is 2.25. The molecule has 0 radical (unpaired) electrons. The van der Waals surface area contributed by atoms with E-state index in [9.17, 15) is 8.78 Å². The van der Waals surface area contributed by atoms with Crippen LogP contribution in [-0.2, 0) is 11.3 Å². The Morgan fingerprint density at radius 3 is 2.75 bits per heavy atom. The molecular weight excluding hydrogens is 412 g/mol. The summed E-state index contributed by atoms with van der Waals surface area (Å²) in [5.74, 6) is -0.915. The average molecular weight is 446 g/mol. The summed E-state index contributed by atoms with van der Waals surface area (Å²) in [4.78, 5) is 9.56. The first-order valence-electron chi connectivity index (χ1n) is 11.3. The molecule has 1 saturated heterocycles. The molecule has 7 heteroatoms. The lowest BCUT2D eigenvalue weighted by Crippen LogP contribution is -2.32. The van der Waals surface area contributed by atoms with E-state index in [0.29, 0.717) is 5.75 Å². The third-order valence-electron chi connectivity index (χ3n) is 5.85. The molecule has 2 aromatic rings. The molecule has 5 nitrogen and oxygen atoms in total. The van der Waals surface area contributed by atoms with Gasteiger partial charge in [-0.15, -0.1) is 0 Å². The summed E-state index contributed by atoms with van der Waals surface area (Å²) in [5.41, 5.74) is 7.88. The van der Waals surface area contributed by atoms with E-state index in [0.717, 1.165) is 55.3 Å². The number of rotatable bonds is 8. The summed E-state index contributed by atoms with van der Waals surface area (Å²) in [5, 5.41) is 0. The summed E-state index contributed by atoms with van der Waals surface area (Å²) in [7, 11) is 0. The van der Waals surface area contributed by atoms with Gasteiger partial charge < -0.3 is 15.2 Å². The third kappa shape index (κ3) is 5.63. The number of nitrogens with two attached hydrogens (primary N) is 1. The number of anilines is 1. The van der Waals surface area contributed by atoms with E-state index in [1.807, 2.05) is 13.0 Å². The Labute approximate surface area is 189 Å². The lowest BCUT2D eigenvalue weighted by atomic mass is 9.96. The zero-order valence-corrected chi connectivity index (χ0v) is 19.3. The lowest BCUT2D eigenvalue weighted by molar-refractivity contribution is 0.000380. The molecular formula is C25H33F2N3O2. The van der Waals surface area contributed by atoms with Crippen molar-refractivity contribution in [1.82, 2.24) is 4.98 Å². The van der Waals surface area contributed by atoms with E-state index in [1.165, 1.54) is 6.07 Å². The van der Waals surface area contributed by atoms with E-state index >= 15 is 0 Å². The number of aromatic nitrogens is 1. The van der Waals surface area contributed by atoms with Crippen LogP contribution >= 0.6 is 0 Å². The SMILES string of the molecule is CCC(N=C(c1cc(OCc2c(F)ccc(N)c2F)cnc1C)C(C)C)C1CCCCO1. The second-order valence-corrected chi connectivity index (χ2v) is 8.57. The summed E-state index contributed by atoms with van der Waals surface area (Å²) < 4.78 is 40.0. The topological polar surface area (TPSA) is 69.7 Å². The molecule has 0 amide bonds. The molecule has 32 heavy (non-hydrogen) atoms. The van der Waals surface area contributed by atoms with Gasteiger partial charge >= 0.3 is 0 Å². The van der Waals surface area contributed by atoms with Crippen molar-refractivity contribution >= 4 is 11.4 Å². The number of hydrogen-bond donors (Lipinski definition) is 1. The molecule has 0 bridgehead atoms. The Balaban J connectivity index is 1.87. The lowest BCUT2D eigenvalue weighted by Gasteiger charge is -2.29. The molecule has 1 aromatic heterocycles. The van der Waals surface area contributed by atoms with Gasteiger partial charge in [-0.2, -0.15) is 0 Å². The van der Waals surface area contributed by atoms with Crippen LogP contribution in [0, 0.1) is 24.5 Å². The number of nitrogen functional groups attached to an aromatic ring is 1. The monoisotopic (exact) mass is 445 g/mol. The molecule has 2 heterocycles. The zero-order chi connectivity index (χ0) is 23.3. The van der Waals surface area contributed by atoms with Crippen LogP contribution in [0.4, 0.5) is 14.5 Å². The quantitative estimate of drug-likeness (QED) is 0.423. The molecule has 1 aliphatic rings. The molecule has 2 unspecified atom stereocenters. The molecule has 0 spiro atoms. The number of hydrogen-bond acceptors (Lipinski definition) is 5. The minimum atomic E-state index is -0.798. The van der Waals surface area contributed by atoms with Crippen LogP contribution in [0.2, 0.25) is 0 Å². The van der Waals surface area contributed by atoms with Gasteiger partial charge in [-0.05, 0) is 56.7 Å². The van der Waals surface area contributed by atoms with E-state index in [4.69, 9.17) is 20.2 Å². The third-order valence-corrected chi connectivity index (χ3v) is 5.85. The molecule has 1 fully saturated rings. The van der Waals surface area contributed by atoms with Gasteiger partial charge in [0.1, 0.15) is 18.2 Å². The molecule has 1 aromatic carbocycles. The summed E-state index contributed by atoms with van der Waals surface area (Å²) in [6, 6.07) is 4.26. The second-order valence-electron chi connectivity index (χ2n) is 8.57. The van der Waals surface area contributed by atoms with Gasteiger partial charge in [0.05, 0.1) is 29.6 Å². The first-order chi connectivity index (χ1) is 15.3. The minimum Gasteiger partial charge on any atom is -0.487 e. The maximum atomic E-state index is 14.2. The number of nitrogens with zero attached hydrogens (tertiary/aromatic N) is 2. The Morgan fingerprint density at radius 2 is 2.09 bits per heavy atom. The largest absolute Gasteiger partial charge is 0.487 e. The van der Waals surface area contributed by atoms with Gasteiger partial charge in [-0.25, -0.2) is 8.78 Å².